The summed E-state index contributed by atoms with van der Waals surface area (Å²) in [5, 5.41) is 9.33. The number of methoxy groups -OCH3 is 1. The number of ether oxygens (including phenoxy) is 1. The number of thioether (sulfide) groups is 1. The minimum atomic E-state index is -0.934. The van der Waals surface area contributed by atoms with Crippen molar-refractivity contribution in [3.05, 3.63) is 0 Å². The van der Waals surface area contributed by atoms with E-state index in [0.717, 1.165) is 0 Å². The molecule has 0 bridgehead atoms. The first-order valence-corrected chi connectivity index (χ1v) is 7.33. The average molecular weight is 289 g/mol. The molecular weight excluding hydrogens is 266 g/mol. The van der Waals surface area contributed by atoms with Gasteiger partial charge in [-0.15, -0.1) is 11.8 Å². The van der Waals surface area contributed by atoms with Gasteiger partial charge in [0, 0.05) is 24.9 Å². The summed E-state index contributed by atoms with van der Waals surface area (Å²) in [7, 11) is 1.49. The van der Waals surface area contributed by atoms with Crippen LogP contribution in [-0.4, -0.2) is 59.2 Å². The molecule has 1 rings (SSSR count). The Labute approximate surface area is 118 Å². The number of hydrogen-bond acceptors (Lipinski definition) is 4. The van der Waals surface area contributed by atoms with Gasteiger partial charge in [-0.25, -0.2) is 0 Å². The zero-order chi connectivity index (χ0) is 14.7. The predicted octanol–water partition coefficient (Wildman–Crippen LogP) is 1.47. The van der Waals surface area contributed by atoms with E-state index >= 15 is 0 Å². The number of carboxylic acid groups (broad SMARTS) is 1. The standard InChI is InChI=1S/C13H23NO4S/c1-12(2,3)19-7-10(15)14-6-5-13(8-14,9-18-4)11(16)17/h5-9H2,1-4H3,(H,16,17). The molecule has 1 amide bonds. The maximum Gasteiger partial charge on any atom is 0.313 e. The lowest BCUT2D eigenvalue weighted by Gasteiger charge is -2.24. The van der Waals surface area contributed by atoms with Crippen molar-refractivity contribution in [1.29, 1.82) is 0 Å². The molecule has 5 nitrogen and oxygen atoms in total. The van der Waals surface area contributed by atoms with Crippen LogP contribution in [0.2, 0.25) is 0 Å². The van der Waals surface area contributed by atoms with Crippen molar-refractivity contribution in [2.75, 3.05) is 32.6 Å². The number of carboxylic acids is 1. The second-order valence-corrected chi connectivity index (χ2v) is 7.79. The molecule has 1 saturated heterocycles. The van der Waals surface area contributed by atoms with Gasteiger partial charge in [-0.3, -0.25) is 9.59 Å². The molecule has 1 atom stereocenters. The maximum absolute atomic E-state index is 12.1. The Morgan fingerprint density at radius 3 is 2.53 bits per heavy atom. The molecule has 19 heavy (non-hydrogen) atoms. The molecule has 1 N–H and O–H groups in total. The molecule has 1 aliphatic rings. The van der Waals surface area contributed by atoms with Crippen LogP contribution in [-0.2, 0) is 14.3 Å². The number of nitrogens with zero attached hydrogens (tertiary/aromatic N) is 1. The van der Waals surface area contributed by atoms with Gasteiger partial charge in [0.15, 0.2) is 0 Å². The summed E-state index contributed by atoms with van der Waals surface area (Å²) in [4.78, 5) is 25.1. The van der Waals surface area contributed by atoms with Crippen molar-refractivity contribution in [3.63, 3.8) is 0 Å². The smallest absolute Gasteiger partial charge is 0.313 e. The highest BCUT2D eigenvalue weighted by Crippen LogP contribution is 2.32. The van der Waals surface area contributed by atoms with E-state index in [0.29, 0.717) is 18.7 Å². The molecule has 0 aliphatic carbocycles. The third-order valence-electron chi connectivity index (χ3n) is 3.21. The number of carbonyl (C=O) groups is 2. The third kappa shape index (κ3) is 4.38. The quantitative estimate of drug-likeness (QED) is 0.830. The highest BCUT2D eigenvalue weighted by Gasteiger charge is 2.46. The first kappa shape index (κ1) is 16.3. The Balaban J connectivity index is 2.59. The van der Waals surface area contributed by atoms with Crippen molar-refractivity contribution in [2.24, 2.45) is 5.41 Å². The molecule has 1 unspecified atom stereocenters. The fourth-order valence-corrected chi connectivity index (χ4v) is 2.82. The van der Waals surface area contributed by atoms with Gasteiger partial charge in [0.2, 0.25) is 5.91 Å². The lowest BCUT2D eigenvalue weighted by Crippen LogP contribution is -2.40. The van der Waals surface area contributed by atoms with E-state index in [2.05, 4.69) is 20.8 Å². The zero-order valence-electron chi connectivity index (χ0n) is 12.1. The Morgan fingerprint density at radius 1 is 1.42 bits per heavy atom. The number of carbonyl (C=O) groups excluding carboxylic acids is 1. The van der Waals surface area contributed by atoms with Crippen LogP contribution in [0, 0.1) is 5.41 Å². The van der Waals surface area contributed by atoms with Gasteiger partial charge in [0.1, 0.15) is 5.41 Å². The molecule has 110 valence electrons. The second-order valence-electron chi connectivity index (χ2n) is 5.98. The highest BCUT2D eigenvalue weighted by molar-refractivity contribution is 8.01. The summed E-state index contributed by atoms with van der Waals surface area (Å²) in [5.41, 5.74) is -0.934. The van der Waals surface area contributed by atoms with Gasteiger partial charge in [0.05, 0.1) is 12.4 Å². The number of rotatable bonds is 5. The van der Waals surface area contributed by atoms with E-state index in [-0.39, 0.29) is 23.8 Å². The van der Waals surface area contributed by atoms with Gasteiger partial charge in [-0.1, -0.05) is 20.8 Å². The lowest BCUT2D eigenvalue weighted by molar-refractivity contribution is -0.151. The molecule has 1 aliphatic heterocycles. The molecule has 0 aromatic carbocycles. The van der Waals surface area contributed by atoms with Crippen LogP contribution < -0.4 is 0 Å². The first-order chi connectivity index (χ1) is 8.70. The summed E-state index contributed by atoms with van der Waals surface area (Å²) in [6.45, 7) is 7.07. The van der Waals surface area contributed by atoms with Gasteiger partial charge in [-0.2, -0.15) is 0 Å². The van der Waals surface area contributed by atoms with E-state index in [1.807, 2.05) is 0 Å². The van der Waals surface area contributed by atoms with Crippen LogP contribution >= 0.6 is 11.8 Å². The molecule has 0 aromatic heterocycles. The van der Waals surface area contributed by atoms with E-state index in [1.165, 1.54) is 7.11 Å². The fourth-order valence-electron chi connectivity index (χ4n) is 2.09. The number of amides is 1. The summed E-state index contributed by atoms with van der Waals surface area (Å²) >= 11 is 1.58. The molecule has 1 heterocycles. The van der Waals surface area contributed by atoms with Crippen molar-refractivity contribution >= 4 is 23.6 Å². The molecular formula is C13H23NO4S. The van der Waals surface area contributed by atoms with Crippen LogP contribution in [0.4, 0.5) is 0 Å². The topological polar surface area (TPSA) is 66.8 Å². The van der Waals surface area contributed by atoms with Gasteiger partial charge in [0.25, 0.3) is 0 Å². The monoisotopic (exact) mass is 289 g/mol. The van der Waals surface area contributed by atoms with Gasteiger partial charge >= 0.3 is 5.97 Å². The Morgan fingerprint density at radius 2 is 2.05 bits per heavy atom. The molecule has 6 heteroatoms. The van der Waals surface area contributed by atoms with Gasteiger partial charge < -0.3 is 14.7 Å². The van der Waals surface area contributed by atoms with Crippen LogP contribution in [0.3, 0.4) is 0 Å². The van der Waals surface area contributed by atoms with Crippen molar-refractivity contribution in [1.82, 2.24) is 4.90 Å². The predicted molar refractivity (Wildman–Crippen MR) is 75.4 cm³/mol. The summed E-state index contributed by atoms with van der Waals surface area (Å²) < 4.78 is 5.04. The fraction of sp³-hybridized carbons (Fsp3) is 0.846. The van der Waals surface area contributed by atoms with E-state index < -0.39 is 11.4 Å². The van der Waals surface area contributed by atoms with Gasteiger partial charge in [-0.05, 0) is 6.42 Å². The molecule has 0 spiro atoms. The highest BCUT2D eigenvalue weighted by atomic mass is 32.2. The molecule has 0 aromatic rings. The Hall–Kier alpha value is -0.750. The minimum Gasteiger partial charge on any atom is -0.481 e. The molecule has 0 radical (unpaired) electrons. The van der Waals surface area contributed by atoms with Crippen LogP contribution in [0.5, 0.6) is 0 Å². The van der Waals surface area contributed by atoms with Crippen LogP contribution in [0.25, 0.3) is 0 Å². The number of hydrogen-bond donors (Lipinski definition) is 1. The van der Waals surface area contributed by atoms with E-state index in [1.54, 1.807) is 16.7 Å². The number of aliphatic carboxylic acids is 1. The largest absolute Gasteiger partial charge is 0.481 e. The molecule has 1 fully saturated rings. The minimum absolute atomic E-state index is 0.0131. The normalized spacial score (nSPS) is 23.7. The first-order valence-electron chi connectivity index (χ1n) is 6.34. The lowest BCUT2D eigenvalue weighted by atomic mass is 9.88. The van der Waals surface area contributed by atoms with Crippen LogP contribution in [0.15, 0.2) is 0 Å². The van der Waals surface area contributed by atoms with Crippen molar-refractivity contribution in [3.8, 4) is 0 Å². The maximum atomic E-state index is 12.1. The van der Waals surface area contributed by atoms with Crippen LogP contribution in [0.1, 0.15) is 27.2 Å². The van der Waals surface area contributed by atoms with Crippen molar-refractivity contribution in [2.45, 2.75) is 31.9 Å². The van der Waals surface area contributed by atoms with Crippen molar-refractivity contribution < 1.29 is 19.4 Å². The summed E-state index contributed by atoms with van der Waals surface area (Å²) in [6, 6.07) is 0. The van der Waals surface area contributed by atoms with E-state index in [9.17, 15) is 14.7 Å². The van der Waals surface area contributed by atoms with E-state index in [4.69, 9.17) is 4.74 Å². The summed E-state index contributed by atoms with van der Waals surface area (Å²) in [5.74, 6) is -0.473. The SMILES string of the molecule is COCC1(C(=O)O)CCN(C(=O)CSC(C)(C)C)C1. The second kappa shape index (κ2) is 6.13. The third-order valence-corrected chi connectivity index (χ3v) is 4.47. The molecule has 0 saturated carbocycles. The summed E-state index contributed by atoms with van der Waals surface area (Å²) in [6.07, 6.45) is 0.460. The number of likely N-dealkylation sites (tertiary alicyclic amines) is 1. The Bertz CT molecular complexity index is 353. The Kier molecular flexibility index (Phi) is 5.26. The average Bonchev–Trinajstić information content (AvgIpc) is 2.71. The zero-order valence-corrected chi connectivity index (χ0v) is 12.9.